The molecule has 0 saturated heterocycles. The highest BCUT2D eigenvalue weighted by molar-refractivity contribution is 5.62. The van der Waals surface area contributed by atoms with Crippen molar-refractivity contribution in [3.05, 3.63) is 59.7 Å². The normalized spacial score (nSPS) is 21.8. The van der Waals surface area contributed by atoms with Crippen LogP contribution in [0.3, 0.4) is 0 Å². The van der Waals surface area contributed by atoms with Crippen LogP contribution in [0.4, 0.5) is 11.4 Å². The fraction of sp³-hybridized carbons (Fsp3) is 0.143. The lowest BCUT2D eigenvalue weighted by Gasteiger charge is -2.35. The number of aliphatic hydroxyl groups is 2. The largest absolute Gasteiger partial charge is 0.367 e. The Morgan fingerprint density at radius 2 is 1.00 bits per heavy atom. The summed E-state index contributed by atoms with van der Waals surface area (Å²) in [7, 11) is 0. The first-order valence-corrected chi connectivity index (χ1v) is 6.11. The molecule has 1 aliphatic heterocycles. The monoisotopic (exact) mass is 274 g/mol. The molecule has 0 fully saturated rings. The molecule has 1 heterocycles. The summed E-state index contributed by atoms with van der Waals surface area (Å²) in [4.78, 5) is 0. The number of anilines is 2. The molecule has 0 bridgehead atoms. The number of aliphatic hydroxyl groups excluding tert-OH is 2. The van der Waals surface area contributed by atoms with Crippen molar-refractivity contribution >= 4 is 11.4 Å². The lowest BCUT2D eigenvalue weighted by Crippen LogP contribution is -2.34. The molecule has 6 nitrogen and oxygen atoms in total. The van der Waals surface area contributed by atoms with Crippen molar-refractivity contribution in [3.8, 4) is 0 Å². The van der Waals surface area contributed by atoms with Crippen molar-refractivity contribution in [1.82, 2.24) is 0 Å². The minimum atomic E-state index is -1.35. The summed E-state index contributed by atoms with van der Waals surface area (Å²) in [6.07, 6.45) is -2.70. The molecule has 4 N–H and O–H groups in total. The van der Waals surface area contributed by atoms with Crippen LogP contribution in [0.5, 0.6) is 0 Å². The van der Waals surface area contributed by atoms with Crippen molar-refractivity contribution in [2.24, 2.45) is 0 Å². The topological polar surface area (TPSA) is 87.4 Å². The van der Waals surface area contributed by atoms with Gasteiger partial charge in [0.2, 0.25) is 0 Å². The smallest absolute Gasteiger partial charge is 0.179 e. The summed E-state index contributed by atoms with van der Waals surface area (Å²) in [5.74, 6) is 0. The second-order valence-corrected chi connectivity index (χ2v) is 4.55. The number of rotatable bonds is 0. The Balaban J connectivity index is 2.22. The van der Waals surface area contributed by atoms with Gasteiger partial charge in [-0.25, -0.2) is 10.1 Å². The Morgan fingerprint density at radius 3 is 1.40 bits per heavy atom. The molecule has 104 valence electrons. The first-order chi connectivity index (χ1) is 9.61. The van der Waals surface area contributed by atoms with Gasteiger partial charge in [-0.3, -0.25) is 10.4 Å². The van der Waals surface area contributed by atoms with E-state index in [9.17, 15) is 20.6 Å². The van der Waals surface area contributed by atoms with E-state index >= 15 is 0 Å². The van der Waals surface area contributed by atoms with Crippen molar-refractivity contribution in [1.29, 1.82) is 0 Å². The van der Waals surface area contributed by atoms with Crippen LogP contribution in [-0.2, 0) is 0 Å². The summed E-state index contributed by atoms with van der Waals surface area (Å²) in [6.45, 7) is 0. The second-order valence-electron chi connectivity index (χ2n) is 4.55. The van der Waals surface area contributed by atoms with Gasteiger partial charge in [-0.1, -0.05) is 36.4 Å². The van der Waals surface area contributed by atoms with Gasteiger partial charge in [0, 0.05) is 11.1 Å². The highest BCUT2D eigenvalue weighted by atomic mass is 16.5. The molecule has 0 saturated carbocycles. The van der Waals surface area contributed by atoms with Crippen LogP contribution in [0.2, 0.25) is 0 Å². The Kier molecular flexibility index (Phi) is 3.07. The Morgan fingerprint density at radius 1 is 0.650 bits per heavy atom. The predicted molar refractivity (Wildman–Crippen MR) is 71.3 cm³/mol. The van der Waals surface area contributed by atoms with E-state index < -0.39 is 12.5 Å². The molecule has 2 aromatic carbocycles. The van der Waals surface area contributed by atoms with E-state index in [1.165, 1.54) is 0 Å². The number of hydrogen-bond acceptors (Lipinski definition) is 6. The van der Waals surface area contributed by atoms with E-state index in [1.807, 2.05) is 0 Å². The quantitative estimate of drug-likeness (QED) is 0.585. The van der Waals surface area contributed by atoms with Crippen LogP contribution in [0, 0.1) is 0 Å². The maximum Gasteiger partial charge on any atom is 0.179 e. The van der Waals surface area contributed by atoms with Crippen LogP contribution >= 0.6 is 0 Å². The van der Waals surface area contributed by atoms with E-state index in [4.69, 9.17) is 0 Å². The average Bonchev–Trinajstić information content (AvgIpc) is 2.51. The van der Waals surface area contributed by atoms with Gasteiger partial charge in [-0.2, -0.15) is 0 Å². The molecule has 6 heteroatoms. The van der Waals surface area contributed by atoms with Gasteiger partial charge in [-0.15, -0.1) is 0 Å². The average molecular weight is 274 g/mol. The van der Waals surface area contributed by atoms with Crippen LogP contribution in [0.1, 0.15) is 23.6 Å². The lowest BCUT2D eigenvalue weighted by molar-refractivity contribution is 0.0421. The van der Waals surface area contributed by atoms with E-state index in [0.717, 1.165) is 0 Å². The van der Waals surface area contributed by atoms with Crippen LogP contribution < -0.4 is 10.1 Å². The number of benzene rings is 2. The molecule has 2 atom stereocenters. The fourth-order valence-electron chi connectivity index (χ4n) is 2.36. The summed E-state index contributed by atoms with van der Waals surface area (Å²) >= 11 is 0. The number of hydroxylamine groups is 2. The van der Waals surface area contributed by atoms with Gasteiger partial charge in [0.15, 0.2) is 12.5 Å². The van der Waals surface area contributed by atoms with Crippen LogP contribution in [0.25, 0.3) is 0 Å². The molecule has 1 aliphatic rings. The van der Waals surface area contributed by atoms with Crippen molar-refractivity contribution in [3.63, 3.8) is 0 Å². The third kappa shape index (κ3) is 1.83. The number of para-hydroxylation sites is 2. The Labute approximate surface area is 115 Å². The predicted octanol–water partition coefficient (Wildman–Crippen LogP) is 1.77. The van der Waals surface area contributed by atoms with E-state index in [0.29, 0.717) is 10.1 Å². The summed E-state index contributed by atoms with van der Waals surface area (Å²) in [5, 5.41) is 42.1. The zero-order valence-electron chi connectivity index (χ0n) is 10.5. The Hall–Kier alpha value is -2.12. The van der Waals surface area contributed by atoms with Crippen LogP contribution in [-0.4, -0.2) is 20.6 Å². The second kappa shape index (κ2) is 4.77. The van der Waals surface area contributed by atoms with E-state index in [-0.39, 0.29) is 22.5 Å². The minimum Gasteiger partial charge on any atom is -0.367 e. The number of nitrogens with zero attached hydrogens (tertiary/aromatic N) is 2. The first-order valence-electron chi connectivity index (χ1n) is 6.11. The molecule has 0 spiro atoms. The van der Waals surface area contributed by atoms with Gasteiger partial charge >= 0.3 is 0 Å². The summed E-state index contributed by atoms with van der Waals surface area (Å²) in [6, 6.07) is 12.9. The number of fused-ring (bicyclic) bond motifs is 2. The highest BCUT2D eigenvalue weighted by Crippen LogP contribution is 2.39. The third-order valence-corrected chi connectivity index (χ3v) is 3.39. The first kappa shape index (κ1) is 12.9. The molecule has 0 aliphatic carbocycles. The molecular formula is C14H14N2O4. The molecule has 0 amide bonds. The van der Waals surface area contributed by atoms with Crippen molar-refractivity contribution in [2.75, 3.05) is 10.1 Å². The van der Waals surface area contributed by atoms with E-state index in [1.54, 1.807) is 48.5 Å². The molecule has 3 rings (SSSR count). The standard InChI is InChI=1S/C14H14N2O4/c17-13-9-5-1-3-7-11(9)15(19)14(18)10-6-2-4-8-12(10)16(13)20/h1-8,13-14,17-20H. The summed E-state index contributed by atoms with van der Waals surface area (Å²) < 4.78 is 0. The maximum absolute atomic E-state index is 10.2. The molecule has 2 unspecified atom stereocenters. The third-order valence-electron chi connectivity index (χ3n) is 3.39. The number of hydrogen-bond donors (Lipinski definition) is 4. The van der Waals surface area contributed by atoms with Crippen molar-refractivity contribution in [2.45, 2.75) is 12.5 Å². The van der Waals surface area contributed by atoms with E-state index in [2.05, 4.69) is 0 Å². The zero-order valence-corrected chi connectivity index (χ0v) is 10.5. The maximum atomic E-state index is 10.2. The van der Waals surface area contributed by atoms with Gasteiger partial charge in [0.25, 0.3) is 0 Å². The SMILES string of the molecule is OC1c2ccccc2N(O)C(O)c2ccccc2N1O. The highest BCUT2D eigenvalue weighted by Gasteiger charge is 2.31. The van der Waals surface area contributed by atoms with Gasteiger partial charge in [-0.05, 0) is 12.1 Å². The minimum absolute atomic E-state index is 0.223. The molecule has 20 heavy (non-hydrogen) atoms. The van der Waals surface area contributed by atoms with Crippen molar-refractivity contribution < 1.29 is 20.6 Å². The van der Waals surface area contributed by atoms with Crippen LogP contribution in [0.15, 0.2) is 48.5 Å². The summed E-state index contributed by atoms with van der Waals surface area (Å²) in [5.41, 5.74) is 1.01. The van der Waals surface area contributed by atoms with Gasteiger partial charge < -0.3 is 10.2 Å². The molecule has 0 radical (unpaired) electrons. The lowest BCUT2D eigenvalue weighted by atomic mass is 10.0. The van der Waals surface area contributed by atoms with Gasteiger partial charge in [0.05, 0.1) is 11.4 Å². The Bertz CT molecular complexity index is 525. The zero-order chi connectivity index (χ0) is 14.3. The molecule has 2 aromatic rings. The molecule has 0 aromatic heterocycles. The molecular weight excluding hydrogens is 260 g/mol. The fourth-order valence-corrected chi connectivity index (χ4v) is 2.36. The van der Waals surface area contributed by atoms with Gasteiger partial charge in [0.1, 0.15) is 0 Å².